The second kappa shape index (κ2) is 3.31. The molecule has 0 saturated carbocycles. The minimum atomic E-state index is -2.59. The average Bonchev–Trinajstić information content (AvgIpc) is 2.64. The number of H-pyrrole nitrogens is 1. The van der Waals surface area contributed by atoms with Gasteiger partial charge in [-0.1, -0.05) is 12.1 Å². The average molecular weight is 210 g/mol. The van der Waals surface area contributed by atoms with Crippen molar-refractivity contribution in [3.63, 3.8) is 0 Å². The van der Waals surface area contributed by atoms with Gasteiger partial charge in [0.15, 0.2) is 0 Å². The van der Waals surface area contributed by atoms with Crippen molar-refractivity contribution in [1.29, 1.82) is 0 Å². The van der Waals surface area contributed by atoms with E-state index in [9.17, 15) is 8.78 Å². The molecule has 0 aliphatic carbocycles. The van der Waals surface area contributed by atoms with Crippen LogP contribution in [0, 0.1) is 0 Å². The molecule has 0 aliphatic rings. The summed E-state index contributed by atoms with van der Waals surface area (Å²) < 4.78 is 25.6. The summed E-state index contributed by atoms with van der Waals surface area (Å²) >= 11 is 0. The summed E-state index contributed by atoms with van der Waals surface area (Å²) in [5.41, 5.74) is 5.33. The third kappa shape index (κ3) is 1.51. The van der Waals surface area contributed by atoms with Crippen LogP contribution in [0.4, 0.5) is 8.78 Å². The van der Waals surface area contributed by atoms with Crippen molar-refractivity contribution in [2.45, 2.75) is 18.9 Å². The highest BCUT2D eigenvalue weighted by molar-refractivity contribution is 5.83. The quantitative estimate of drug-likeness (QED) is 0.786. The van der Waals surface area contributed by atoms with Crippen LogP contribution in [-0.2, 0) is 5.54 Å². The monoisotopic (exact) mass is 210 g/mol. The molecule has 80 valence electrons. The molecule has 0 aliphatic heterocycles. The maximum atomic E-state index is 12.8. The van der Waals surface area contributed by atoms with Crippen molar-refractivity contribution in [1.82, 2.24) is 4.98 Å². The number of rotatable bonds is 2. The van der Waals surface area contributed by atoms with Gasteiger partial charge in [-0.3, -0.25) is 0 Å². The van der Waals surface area contributed by atoms with Gasteiger partial charge in [0.25, 0.3) is 6.43 Å². The number of hydrogen-bond donors (Lipinski definition) is 2. The van der Waals surface area contributed by atoms with Crippen LogP contribution in [0.2, 0.25) is 0 Å². The molecule has 0 saturated heterocycles. The number of nitrogens with two attached hydrogens (primary N) is 1. The highest BCUT2D eigenvalue weighted by Gasteiger charge is 2.33. The minimum Gasteiger partial charge on any atom is -0.361 e. The smallest absolute Gasteiger partial charge is 0.260 e. The van der Waals surface area contributed by atoms with Gasteiger partial charge in [0.1, 0.15) is 5.54 Å². The highest BCUT2D eigenvalue weighted by Crippen LogP contribution is 2.30. The van der Waals surface area contributed by atoms with Crippen molar-refractivity contribution in [2.24, 2.45) is 5.73 Å². The summed E-state index contributed by atoms with van der Waals surface area (Å²) in [6, 6.07) is 6.96. The van der Waals surface area contributed by atoms with E-state index in [1.165, 1.54) is 6.92 Å². The maximum absolute atomic E-state index is 12.8. The summed E-state index contributed by atoms with van der Waals surface area (Å²) in [5, 5.41) is 0.753. The molecule has 0 fully saturated rings. The molecule has 0 radical (unpaired) electrons. The van der Waals surface area contributed by atoms with E-state index in [-0.39, 0.29) is 0 Å². The summed E-state index contributed by atoms with van der Waals surface area (Å²) in [6.07, 6.45) is -0.867. The summed E-state index contributed by atoms with van der Waals surface area (Å²) in [4.78, 5) is 2.97. The predicted octanol–water partition coefficient (Wildman–Crippen LogP) is 2.61. The van der Waals surface area contributed by atoms with Crippen LogP contribution in [0.5, 0.6) is 0 Å². The normalized spacial score (nSPS) is 15.8. The molecule has 0 spiro atoms. The molecule has 15 heavy (non-hydrogen) atoms. The lowest BCUT2D eigenvalue weighted by molar-refractivity contribution is 0.0633. The van der Waals surface area contributed by atoms with E-state index in [2.05, 4.69) is 4.98 Å². The first-order valence-corrected chi connectivity index (χ1v) is 4.67. The van der Waals surface area contributed by atoms with Gasteiger partial charge in [0, 0.05) is 17.1 Å². The highest BCUT2D eigenvalue weighted by atomic mass is 19.3. The number of nitrogens with one attached hydrogen (secondary N) is 1. The minimum absolute atomic E-state index is 0.469. The third-order valence-electron chi connectivity index (χ3n) is 2.63. The van der Waals surface area contributed by atoms with Gasteiger partial charge >= 0.3 is 0 Å². The van der Waals surface area contributed by atoms with Crippen molar-refractivity contribution in [2.75, 3.05) is 0 Å². The Labute approximate surface area is 86.1 Å². The van der Waals surface area contributed by atoms with Crippen molar-refractivity contribution < 1.29 is 8.78 Å². The zero-order valence-corrected chi connectivity index (χ0v) is 8.30. The lowest BCUT2D eigenvalue weighted by atomic mass is 9.91. The Morgan fingerprint density at radius 3 is 2.73 bits per heavy atom. The van der Waals surface area contributed by atoms with E-state index < -0.39 is 12.0 Å². The molecule has 0 amide bonds. The second-order valence-electron chi connectivity index (χ2n) is 3.83. The number of aromatic nitrogens is 1. The van der Waals surface area contributed by atoms with Crippen molar-refractivity contribution in [3.05, 3.63) is 36.0 Å². The molecular formula is C11H12F2N2. The van der Waals surface area contributed by atoms with E-state index in [0.717, 1.165) is 10.9 Å². The van der Waals surface area contributed by atoms with Gasteiger partial charge in [-0.15, -0.1) is 0 Å². The van der Waals surface area contributed by atoms with Gasteiger partial charge in [-0.2, -0.15) is 0 Å². The molecule has 2 aromatic rings. The van der Waals surface area contributed by atoms with Gasteiger partial charge in [-0.25, -0.2) is 8.78 Å². The Kier molecular flexibility index (Phi) is 2.23. The second-order valence-corrected chi connectivity index (χ2v) is 3.83. The fourth-order valence-corrected chi connectivity index (χ4v) is 1.67. The predicted molar refractivity (Wildman–Crippen MR) is 55.8 cm³/mol. The number of benzene rings is 1. The summed E-state index contributed by atoms with van der Waals surface area (Å²) in [7, 11) is 0. The molecule has 4 heteroatoms. The first-order chi connectivity index (χ1) is 7.03. The SMILES string of the molecule is CC(N)(c1cccc2[nH]ccc12)C(F)F. The first-order valence-electron chi connectivity index (χ1n) is 4.67. The van der Waals surface area contributed by atoms with Crippen LogP contribution in [0.15, 0.2) is 30.5 Å². The maximum Gasteiger partial charge on any atom is 0.260 e. The van der Waals surface area contributed by atoms with E-state index in [0.29, 0.717) is 5.56 Å². The van der Waals surface area contributed by atoms with Crippen LogP contribution in [0.1, 0.15) is 12.5 Å². The lowest BCUT2D eigenvalue weighted by Crippen LogP contribution is -2.40. The number of aromatic amines is 1. The third-order valence-corrected chi connectivity index (χ3v) is 2.63. The van der Waals surface area contributed by atoms with Crippen LogP contribution in [-0.4, -0.2) is 11.4 Å². The molecule has 2 nitrogen and oxygen atoms in total. The Hall–Kier alpha value is -1.42. The Balaban J connectivity index is 2.65. The topological polar surface area (TPSA) is 41.8 Å². The molecule has 1 aromatic carbocycles. The summed E-state index contributed by atoms with van der Waals surface area (Å²) in [5.74, 6) is 0. The van der Waals surface area contributed by atoms with E-state index in [1.807, 2.05) is 6.07 Å². The molecule has 1 atom stereocenters. The van der Waals surface area contributed by atoms with Crippen LogP contribution >= 0.6 is 0 Å². The van der Waals surface area contributed by atoms with Crippen LogP contribution in [0.3, 0.4) is 0 Å². The van der Waals surface area contributed by atoms with Crippen molar-refractivity contribution >= 4 is 10.9 Å². The van der Waals surface area contributed by atoms with E-state index >= 15 is 0 Å². The van der Waals surface area contributed by atoms with E-state index in [1.54, 1.807) is 24.4 Å². The van der Waals surface area contributed by atoms with Crippen LogP contribution < -0.4 is 5.73 Å². The van der Waals surface area contributed by atoms with Crippen LogP contribution in [0.25, 0.3) is 10.9 Å². The molecular weight excluding hydrogens is 198 g/mol. The zero-order chi connectivity index (χ0) is 11.1. The number of hydrogen-bond acceptors (Lipinski definition) is 1. The Morgan fingerprint density at radius 1 is 1.33 bits per heavy atom. The van der Waals surface area contributed by atoms with Gasteiger partial charge in [0.2, 0.25) is 0 Å². The van der Waals surface area contributed by atoms with Crippen molar-refractivity contribution in [3.8, 4) is 0 Å². The Morgan fingerprint density at radius 2 is 2.07 bits per heavy atom. The molecule has 3 N–H and O–H groups in total. The molecule has 0 bridgehead atoms. The summed E-state index contributed by atoms with van der Waals surface area (Å²) in [6.45, 7) is 1.35. The number of halogens is 2. The molecule has 1 aromatic heterocycles. The molecule has 1 heterocycles. The zero-order valence-electron chi connectivity index (χ0n) is 8.30. The van der Waals surface area contributed by atoms with Gasteiger partial charge in [-0.05, 0) is 24.6 Å². The standard InChI is InChI=1S/C11H12F2N2/c1-11(14,10(12)13)8-3-2-4-9-7(8)5-6-15-9/h2-6,10,15H,14H2,1H3. The Bertz CT molecular complexity index is 474. The van der Waals surface area contributed by atoms with Gasteiger partial charge in [0.05, 0.1) is 0 Å². The fourth-order valence-electron chi connectivity index (χ4n) is 1.67. The van der Waals surface area contributed by atoms with E-state index in [4.69, 9.17) is 5.73 Å². The van der Waals surface area contributed by atoms with Gasteiger partial charge < -0.3 is 10.7 Å². The first kappa shape index (κ1) is 10.1. The molecule has 1 unspecified atom stereocenters. The number of alkyl halides is 2. The fraction of sp³-hybridized carbons (Fsp3) is 0.273. The largest absolute Gasteiger partial charge is 0.361 e. The lowest BCUT2D eigenvalue weighted by Gasteiger charge is -2.24. The number of fused-ring (bicyclic) bond motifs is 1. The molecule has 2 rings (SSSR count).